The minimum Gasteiger partial charge on any atom is -0.444 e. The second kappa shape index (κ2) is 10.5. The van der Waals surface area contributed by atoms with Crippen LogP contribution in [-0.4, -0.2) is 88.8 Å². The highest BCUT2D eigenvalue weighted by atomic mass is 16.6. The maximum Gasteiger partial charge on any atom is 0.410 e. The van der Waals surface area contributed by atoms with Gasteiger partial charge in [-0.1, -0.05) is 5.11 Å². The minimum atomic E-state index is -0.606. The molecule has 1 N–H and O–H groups in total. The van der Waals surface area contributed by atoms with Crippen LogP contribution in [0.5, 0.6) is 0 Å². The first kappa shape index (κ1) is 27.8. The second-order valence-corrected chi connectivity index (χ2v) is 13.3. The number of aliphatic hydroxyl groups excluding tert-OH is 1. The molecule has 2 aliphatic carbocycles. The van der Waals surface area contributed by atoms with E-state index in [0.29, 0.717) is 50.0 Å². The zero-order valence-electron chi connectivity index (χ0n) is 23.0. The predicted octanol–water partition coefficient (Wildman–Crippen LogP) is 4.33. The van der Waals surface area contributed by atoms with Gasteiger partial charge >= 0.3 is 12.2 Å². The molecule has 0 aromatic heterocycles. The summed E-state index contributed by atoms with van der Waals surface area (Å²) in [4.78, 5) is 30.4. The topological polar surface area (TPSA) is 141 Å². The van der Waals surface area contributed by atoms with E-state index in [1.807, 2.05) is 46.4 Å². The molecule has 8 atom stereocenters. The van der Waals surface area contributed by atoms with Crippen LogP contribution in [0.1, 0.15) is 67.2 Å². The molecular formula is C26H43N5O6. The number of amides is 2. The summed E-state index contributed by atoms with van der Waals surface area (Å²) in [5.74, 6) is 1.81. The van der Waals surface area contributed by atoms with Gasteiger partial charge < -0.3 is 29.1 Å². The number of likely N-dealkylation sites (tertiary alicyclic amines) is 2. The van der Waals surface area contributed by atoms with Crippen LogP contribution < -0.4 is 0 Å². The SMILES string of the molecule is CC(C)(C)OC(=O)N1C[C@H]2C[C@@H]3O[C@@H]3C[C@H]2C1.CC(C)(C)OC(=O)N1C[C@H]2C[C@H](O)[C@@H](N=[N+]=[N-])C[C@H]2C1. The van der Waals surface area contributed by atoms with Crippen LogP contribution in [0.2, 0.25) is 0 Å². The Morgan fingerprint density at radius 2 is 1.22 bits per heavy atom. The Kier molecular flexibility index (Phi) is 7.89. The molecule has 3 heterocycles. The van der Waals surface area contributed by atoms with Gasteiger partial charge in [-0.05, 0) is 96.4 Å². The van der Waals surface area contributed by atoms with E-state index in [-0.39, 0.29) is 30.1 Å². The monoisotopic (exact) mass is 521 g/mol. The fraction of sp³-hybridized carbons (Fsp3) is 0.923. The number of carbonyl (C=O) groups is 2. The van der Waals surface area contributed by atoms with Crippen LogP contribution >= 0.6 is 0 Å². The van der Waals surface area contributed by atoms with E-state index in [1.54, 1.807) is 4.90 Å². The number of nitrogens with zero attached hydrogens (tertiary/aromatic N) is 5. The third-order valence-electron chi connectivity index (χ3n) is 7.95. The van der Waals surface area contributed by atoms with Gasteiger partial charge in [0, 0.05) is 31.1 Å². The Morgan fingerprint density at radius 3 is 1.62 bits per heavy atom. The zero-order valence-corrected chi connectivity index (χ0v) is 23.0. The van der Waals surface area contributed by atoms with Gasteiger partial charge in [0.1, 0.15) is 11.2 Å². The predicted molar refractivity (Wildman–Crippen MR) is 136 cm³/mol. The summed E-state index contributed by atoms with van der Waals surface area (Å²) in [6, 6.07) is -0.375. The van der Waals surface area contributed by atoms with Crippen molar-refractivity contribution in [1.29, 1.82) is 0 Å². The fourth-order valence-electron chi connectivity index (χ4n) is 6.21. The Labute approximate surface area is 219 Å². The molecule has 0 spiro atoms. The highest BCUT2D eigenvalue weighted by Gasteiger charge is 2.52. The van der Waals surface area contributed by atoms with Gasteiger partial charge in [-0.25, -0.2) is 9.59 Å². The first-order chi connectivity index (χ1) is 17.2. The van der Waals surface area contributed by atoms with Crippen molar-refractivity contribution in [2.24, 2.45) is 28.8 Å². The molecule has 0 aromatic carbocycles. The van der Waals surface area contributed by atoms with Gasteiger partial charge in [-0.3, -0.25) is 0 Å². The summed E-state index contributed by atoms with van der Waals surface area (Å²) in [6.07, 6.45) is 3.41. The highest BCUT2D eigenvalue weighted by Crippen LogP contribution is 2.46. The molecule has 11 heteroatoms. The van der Waals surface area contributed by atoms with Crippen LogP contribution in [0.25, 0.3) is 10.4 Å². The number of rotatable bonds is 1. The van der Waals surface area contributed by atoms with Crippen molar-refractivity contribution in [2.45, 2.75) is 103 Å². The van der Waals surface area contributed by atoms with Crippen molar-refractivity contribution in [3.05, 3.63) is 10.4 Å². The molecule has 2 saturated carbocycles. The van der Waals surface area contributed by atoms with E-state index < -0.39 is 17.3 Å². The van der Waals surface area contributed by atoms with Crippen LogP contribution in [0.15, 0.2) is 5.11 Å². The average molecular weight is 522 g/mol. The standard InChI is InChI=1S/C13H22N4O3.C13H21NO3/c1-13(2,3)20-12(19)17-6-8-4-10(15-16-14)11(18)5-9(8)7-17;1-13(2,3)17-12(15)14-6-8-4-10-11(16-10)5-9(8)7-14/h8-11,18H,4-7H2,1-3H3;8-11H,4-7H2,1-3H3/t8-,9+,10-,11-;8-,9+,10+,11-/m0./s1. The number of hydrogen-bond donors (Lipinski definition) is 1. The van der Waals surface area contributed by atoms with Crippen molar-refractivity contribution >= 4 is 12.2 Å². The van der Waals surface area contributed by atoms with Crippen LogP contribution in [0, 0.1) is 23.7 Å². The van der Waals surface area contributed by atoms with Crippen molar-refractivity contribution in [2.75, 3.05) is 26.2 Å². The molecule has 5 rings (SSSR count). The lowest BCUT2D eigenvalue weighted by molar-refractivity contribution is 0.0272. The van der Waals surface area contributed by atoms with E-state index >= 15 is 0 Å². The summed E-state index contributed by atoms with van der Waals surface area (Å²) < 4.78 is 16.3. The van der Waals surface area contributed by atoms with Gasteiger partial charge in [-0.15, -0.1) is 0 Å². The van der Waals surface area contributed by atoms with E-state index in [4.69, 9.17) is 19.7 Å². The lowest BCUT2D eigenvalue weighted by Gasteiger charge is -2.32. The van der Waals surface area contributed by atoms with Crippen LogP contribution in [0.4, 0.5) is 9.59 Å². The number of fused-ring (bicyclic) bond motifs is 3. The third kappa shape index (κ3) is 7.21. The first-order valence-corrected chi connectivity index (χ1v) is 13.6. The minimum absolute atomic E-state index is 0.151. The number of ether oxygens (including phenoxy) is 3. The van der Waals surface area contributed by atoms with Crippen LogP contribution in [-0.2, 0) is 14.2 Å². The molecule has 2 amide bonds. The van der Waals surface area contributed by atoms with E-state index in [9.17, 15) is 14.7 Å². The van der Waals surface area contributed by atoms with E-state index in [2.05, 4.69) is 10.0 Å². The Bertz CT molecular complexity index is 892. The maximum atomic E-state index is 12.1. The number of epoxide rings is 1. The molecule has 37 heavy (non-hydrogen) atoms. The van der Waals surface area contributed by atoms with Gasteiger partial charge in [-0.2, -0.15) is 0 Å². The highest BCUT2D eigenvalue weighted by molar-refractivity contribution is 5.69. The molecule has 11 nitrogen and oxygen atoms in total. The lowest BCUT2D eigenvalue weighted by atomic mass is 9.78. The summed E-state index contributed by atoms with van der Waals surface area (Å²) in [7, 11) is 0. The number of aliphatic hydroxyl groups is 1. The Balaban J connectivity index is 0.000000175. The number of azide groups is 1. The Morgan fingerprint density at radius 1 is 0.811 bits per heavy atom. The second-order valence-electron chi connectivity index (χ2n) is 13.3. The molecule has 5 fully saturated rings. The Hall–Kier alpha value is -2.23. The number of hydrogen-bond acceptors (Lipinski definition) is 7. The van der Waals surface area contributed by atoms with Gasteiger partial charge in [0.25, 0.3) is 0 Å². The molecule has 0 bridgehead atoms. The molecule has 0 unspecified atom stereocenters. The molecule has 0 radical (unpaired) electrons. The molecular weight excluding hydrogens is 478 g/mol. The molecule has 3 aliphatic heterocycles. The normalized spacial score (nSPS) is 36.2. The average Bonchev–Trinajstić information content (AvgIpc) is 3.18. The van der Waals surface area contributed by atoms with Crippen molar-refractivity contribution in [1.82, 2.24) is 9.80 Å². The molecule has 5 aliphatic rings. The van der Waals surface area contributed by atoms with Gasteiger partial charge in [0.15, 0.2) is 0 Å². The fourth-order valence-corrected chi connectivity index (χ4v) is 6.21. The van der Waals surface area contributed by atoms with Gasteiger partial charge in [0.2, 0.25) is 0 Å². The van der Waals surface area contributed by atoms with E-state index in [0.717, 1.165) is 25.9 Å². The smallest absolute Gasteiger partial charge is 0.410 e. The maximum absolute atomic E-state index is 12.1. The third-order valence-corrected chi connectivity index (χ3v) is 7.95. The largest absolute Gasteiger partial charge is 0.444 e. The van der Waals surface area contributed by atoms with Crippen molar-refractivity contribution < 1.29 is 28.9 Å². The lowest BCUT2D eigenvalue weighted by Crippen LogP contribution is -2.37. The summed E-state index contributed by atoms with van der Waals surface area (Å²) in [5, 5.41) is 13.6. The quantitative estimate of drug-likeness (QED) is 0.236. The van der Waals surface area contributed by atoms with E-state index in [1.165, 1.54) is 0 Å². The van der Waals surface area contributed by atoms with Crippen LogP contribution in [0.3, 0.4) is 0 Å². The number of carbonyl (C=O) groups excluding carboxylic acids is 2. The van der Waals surface area contributed by atoms with Gasteiger partial charge in [0.05, 0.1) is 24.4 Å². The van der Waals surface area contributed by atoms with Crippen molar-refractivity contribution in [3.63, 3.8) is 0 Å². The van der Waals surface area contributed by atoms with Crippen molar-refractivity contribution in [3.8, 4) is 0 Å². The summed E-state index contributed by atoms with van der Waals surface area (Å²) in [5.41, 5.74) is 7.61. The first-order valence-electron chi connectivity index (χ1n) is 13.6. The summed E-state index contributed by atoms with van der Waals surface area (Å²) >= 11 is 0. The molecule has 3 saturated heterocycles. The zero-order chi connectivity index (χ0) is 27.1. The molecule has 0 aromatic rings. The summed E-state index contributed by atoms with van der Waals surface area (Å²) in [6.45, 7) is 14.2. The molecule has 208 valence electrons.